The lowest BCUT2D eigenvalue weighted by Crippen LogP contribution is -2.44. The van der Waals surface area contributed by atoms with E-state index in [-0.39, 0.29) is 5.91 Å². The van der Waals surface area contributed by atoms with Crippen LogP contribution in [-0.2, 0) is 0 Å². The summed E-state index contributed by atoms with van der Waals surface area (Å²) in [5.74, 6) is 0.0527. The van der Waals surface area contributed by atoms with Crippen molar-refractivity contribution in [1.82, 2.24) is 14.8 Å². The molecule has 1 aliphatic heterocycles. The largest absolute Gasteiger partial charge is 0.351 e. The first-order valence-corrected chi connectivity index (χ1v) is 7.66. The summed E-state index contributed by atoms with van der Waals surface area (Å²) in [7, 11) is 4.02. The summed E-state index contributed by atoms with van der Waals surface area (Å²) in [5.41, 5.74) is 1.58. The second-order valence-corrected chi connectivity index (χ2v) is 6.30. The Kier molecular flexibility index (Phi) is 3.91. The molecule has 0 bridgehead atoms. The van der Waals surface area contributed by atoms with Gasteiger partial charge in [-0.2, -0.15) is 0 Å². The molecule has 1 aromatic carbocycles. The van der Waals surface area contributed by atoms with Crippen LogP contribution in [-0.4, -0.2) is 53.9 Å². The summed E-state index contributed by atoms with van der Waals surface area (Å²) in [4.78, 5) is 20.0. The Morgan fingerprint density at radius 3 is 2.76 bits per heavy atom. The second kappa shape index (κ2) is 5.70. The third-order valence-corrected chi connectivity index (χ3v) is 4.60. The smallest absolute Gasteiger partial charge is 0.270 e. The lowest BCUT2D eigenvalue weighted by molar-refractivity contribution is 0.0655. The van der Waals surface area contributed by atoms with Crippen molar-refractivity contribution in [3.63, 3.8) is 0 Å². The van der Waals surface area contributed by atoms with Crippen LogP contribution in [0.1, 0.15) is 23.3 Å². The highest BCUT2D eigenvalue weighted by atomic mass is 35.5. The zero-order chi connectivity index (χ0) is 15.0. The van der Waals surface area contributed by atoms with Gasteiger partial charge in [-0.15, -0.1) is 0 Å². The first-order chi connectivity index (χ1) is 10.0. The minimum Gasteiger partial charge on any atom is -0.351 e. The monoisotopic (exact) mass is 305 g/mol. The van der Waals surface area contributed by atoms with Crippen molar-refractivity contribution in [2.45, 2.75) is 18.9 Å². The molecule has 3 rings (SSSR count). The van der Waals surface area contributed by atoms with E-state index in [4.69, 9.17) is 11.6 Å². The number of rotatable bonds is 2. The number of likely N-dealkylation sites (tertiary alicyclic amines) is 1. The molecule has 1 amide bonds. The molecule has 112 valence electrons. The molecule has 0 radical (unpaired) electrons. The fourth-order valence-electron chi connectivity index (χ4n) is 2.96. The SMILES string of the molecule is CN1CCC(N(C)C(=O)c2cc3cc(Cl)ccc3[nH]2)CC1. The van der Waals surface area contributed by atoms with Crippen LogP contribution in [0, 0.1) is 0 Å². The van der Waals surface area contributed by atoms with Crippen LogP contribution in [0.3, 0.4) is 0 Å². The number of halogens is 1. The predicted molar refractivity (Wildman–Crippen MR) is 85.9 cm³/mol. The Balaban J connectivity index is 1.79. The topological polar surface area (TPSA) is 39.3 Å². The lowest BCUT2D eigenvalue weighted by atomic mass is 10.0. The molecule has 0 spiro atoms. The normalized spacial score (nSPS) is 17.3. The third kappa shape index (κ3) is 2.92. The first-order valence-electron chi connectivity index (χ1n) is 7.28. The number of nitrogens with zero attached hydrogens (tertiary/aromatic N) is 2. The van der Waals surface area contributed by atoms with Crippen LogP contribution in [0.15, 0.2) is 24.3 Å². The second-order valence-electron chi connectivity index (χ2n) is 5.87. The Bertz CT molecular complexity index is 659. The quantitative estimate of drug-likeness (QED) is 0.926. The minimum absolute atomic E-state index is 0.0527. The number of aromatic amines is 1. The van der Waals surface area contributed by atoms with Gasteiger partial charge in [-0.05, 0) is 57.2 Å². The summed E-state index contributed by atoms with van der Waals surface area (Å²) >= 11 is 5.99. The number of H-pyrrole nitrogens is 1. The molecule has 0 atom stereocenters. The Hall–Kier alpha value is -1.52. The molecule has 0 unspecified atom stereocenters. The summed E-state index contributed by atoms with van der Waals surface area (Å²) in [6, 6.07) is 7.82. The van der Waals surface area contributed by atoms with Crippen LogP contribution in [0.4, 0.5) is 0 Å². The molecule has 2 heterocycles. The molecular weight excluding hydrogens is 286 g/mol. The van der Waals surface area contributed by atoms with E-state index >= 15 is 0 Å². The van der Waals surface area contributed by atoms with Crippen molar-refractivity contribution >= 4 is 28.4 Å². The number of carbonyl (C=O) groups is 1. The molecule has 1 aliphatic rings. The molecular formula is C16H20ClN3O. The number of piperidine rings is 1. The van der Waals surface area contributed by atoms with E-state index in [0.717, 1.165) is 36.8 Å². The predicted octanol–water partition coefficient (Wildman–Crippen LogP) is 2.99. The van der Waals surface area contributed by atoms with E-state index in [0.29, 0.717) is 16.8 Å². The van der Waals surface area contributed by atoms with Crippen molar-refractivity contribution in [2.24, 2.45) is 0 Å². The number of aromatic nitrogens is 1. The number of amides is 1. The number of hydrogen-bond donors (Lipinski definition) is 1. The van der Waals surface area contributed by atoms with E-state index in [2.05, 4.69) is 16.9 Å². The molecule has 21 heavy (non-hydrogen) atoms. The van der Waals surface area contributed by atoms with Gasteiger partial charge >= 0.3 is 0 Å². The highest BCUT2D eigenvalue weighted by Gasteiger charge is 2.25. The minimum atomic E-state index is 0.0527. The summed E-state index contributed by atoms with van der Waals surface area (Å²) in [6.07, 6.45) is 2.07. The van der Waals surface area contributed by atoms with E-state index in [1.54, 1.807) is 0 Å². The third-order valence-electron chi connectivity index (χ3n) is 4.37. The average Bonchev–Trinajstić information content (AvgIpc) is 2.89. The van der Waals surface area contributed by atoms with E-state index in [1.807, 2.05) is 36.2 Å². The van der Waals surface area contributed by atoms with E-state index in [1.165, 1.54) is 0 Å². The standard InChI is InChI=1S/C16H20ClN3O/c1-19-7-5-13(6-8-19)20(2)16(21)15-10-11-9-12(17)3-4-14(11)18-15/h3-4,9-10,13,18H,5-8H2,1-2H3. The summed E-state index contributed by atoms with van der Waals surface area (Å²) in [5, 5.41) is 1.66. The maximum Gasteiger partial charge on any atom is 0.270 e. The fraction of sp³-hybridized carbons (Fsp3) is 0.438. The molecule has 4 nitrogen and oxygen atoms in total. The average molecular weight is 306 g/mol. The number of hydrogen-bond acceptors (Lipinski definition) is 2. The Morgan fingerprint density at radius 2 is 2.05 bits per heavy atom. The van der Waals surface area contributed by atoms with Crippen LogP contribution in [0.5, 0.6) is 0 Å². The lowest BCUT2D eigenvalue weighted by Gasteiger charge is -2.34. The molecule has 1 aromatic heterocycles. The van der Waals surface area contributed by atoms with Gasteiger partial charge in [0.15, 0.2) is 0 Å². The zero-order valence-corrected chi connectivity index (χ0v) is 13.2. The van der Waals surface area contributed by atoms with Gasteiger partial charge in [0.25, 0.3) is 5.91 Å². The number of benzene rings is 1. The van der Waals surface area contributed by atoms with Gasteiger partial charge in [-0.3, -0.25) is 4.79 Å². The van der Waals surface area contributed by atoms with Crippen LogP contribution < -0.4 is 0 Å². The van der Waals surface area contributed by atoms with Gasteiger partial charge in [0.1, 0.15) is 5.69 Å². The number of carbonyl (C=O) groups excluding carboxylic acids is 1. The summed E-state index contributed by atoms with van der Waals surface area (Å²) < 4.78 is 0. The maximum atomic E-state index is 12.6. The van der Waals surface area contributed by atoms with Crippen molar-refractivity contribution in [3.8, 4) is 0 Å². The van der Waals surface area contributed by atoms with Crippen molar-refractivity contribution < 1.29 is 4.79 Å². The summed E-state index contributed by atoms with van der Waals surface area (Å²) in [6.45, 7) is 2.09. The van der Waals surface area contributed by atoms with Crippen LogP contribution >= 0.6 is 11.6 Å². The van der Waals surface area contributed by atoms with E-state index in [9.17, 15) is 4.79 Å². The fourth-order valence-corrected chi connectivity index (χ4v) is 3.14. The highest BCUT2D eigenvalue weighted by Crippen LogP contribution is 2.22. The molecule has 0 saturated carbocycles. The highest BCUT2D eigenvalue weighted by molar-refractivity contribution is 6.31. The van der Waals surface area contributed by atoms with Crippen LogP contribution in [0.25, 0.3) is 10.9 Å². The maximum absolute atomic E-state index is 12.6. The molecule has 1 fully saturated rings. The Morgan fingerprint density at radius 1 is 1.33 bits per heavy atom. The first kappa shape index (κ1) is 14.4. The van der Waals surface area contributed by atoms with Gasteiger partial charge in [-0.1, -0.05) is 11.6 Å². The van der Waals surface area contributed by atoms with E-state index < -0.39 is 0 Å². The van der Waals surface area contributed by atoms with Gasteiger partial charge < -0.3 is 14.8 Å². The van der Waals surface area contributed by atoms with Gasteiger partial charge in [-0.25, -0.2) is 0 Å². The molecule has 5 heteroatoms. The molecule has 0 aliphatic carbocycles. The Labute approximate surface area is 129 Å². The van der Waals surface area contributed by atoms with Crippen molar-refractivity contribution in [3.05, 3.63) is 35.0 Å². The molecule has 2 aromatic rings. The van der Waals surface area contributed by atoms with Gasteiger partial charge in [0, 0.05) is 29.0 Å². The zero-order valence-electron chi connectivity index (χ0n) is 12.4. The van der Waals surface area contributed by atoms with Crippen molar-refractivity contribution in [2.75, 3.05) is 27.2 Å². The molecule has 1 saturated heterocycles. The van der Waals surface area contributed by atoms with Crippen LogP contribution in [0.2, 0.25) is 5.02 Å². The van der Waals surface area contributed by atoms with Gasteiger partial charge in [0.05, 0.1) is 0 Å². The van der Waals surface area contributed by atoms with Gasteiger partial charge in [0.2, 0.25) is 0 Å². The van der Waals surface area contributed by atoms with Crippen molar-refractivity contribution in [1.29, 1.82) is 0 Å². The number of nitrogens with one attached hydrogen (secondary N) is 1. The number of fused-ring (bicyclic) bond motifs is 1. The molecule has 1 N–H and O–H groups in total.